The highest BCUT2D eigenvalue weighted by atomic mass is 79.9. The van der Waals surface area contributed by atoms with E-state index >= 15 is 0 Å². The van der Waals surface area contributed by atoms with Crippen LogP contribution in [-0.4, -0.2) is 34.0 Å². The third-order valence-electron chi connectivity index (χ3n) is 1.09. The topological polar surface area (TPSA) is 86.6 Å². The summed E-state index contributed by atoms with van der Waals surface area (Å²) >= 11 is 3.13. The first kappa shape index (κ1) is 12.0. The molecule has 0 radical (unpaired) electrons. The molecule has 0 aromatic rings. The van der Waals surface area contributed by atoms with Crippen LogP contribution in [0.4, 0.5) is 0 Å². The van der Waals surface area contributed by atoms with Gasteiger partial charge in [0.25, 0.3) is 0 Å². The Labute approximate surface area is 83.6 Å². The van der Waals surface area contributed by atoms with Gasteiger partial charge in [0.05, 0.1) is 6.42 Å². The van der Waals surface area contributed by atoms with Crippen LogP contribution in [-0.2, 0) is 9.59 Å². The van der Waals surface area contributed by atoms with Crippen molar-refractivity contribution in [1.29, 1.82) is 0 Å². The summed E-state index contributed by atoms with van der Waals surface area (Å²) in [4.78, 5) is 20.5. The van der Waals surface area contributed by atoms with E-state index in [-0.39, 0.29) is 12.1 Å². The molecule has 0 spiro atoms. The zero-order valence-electron chi connectivity index (χ0n) is 6.79. The lowest BCUT2D eigenvalue weighted by Crippen LogP contribution is -2.19. The summed E-state index contributed by atoms with van der Waals surface area (Å²) in [5.41, 5.74) is 0.194. The van der Waals surface area contributed by atoms with Crippen molar-refractivity contribution in [2.24, 2.45) is 0 Å². The monoisotopic (exact) mass is 251 g/mol. The van der Waals surface area contributed by atoms with Crippen LogP contribution in [0.15, 0.2) is 11.8 Å². The van der Waals surface area contributed by atoms with Gasteiger partial charge in [0, 0.05) is 23.6 Å². The number of carbonyl (C=O) groups is 2. The molecule has 0 aromatic carbocycles. The molecule has 0 amide bonds. The zero-order valence-corrected chi connectivity index (χ0v) is 8.37. The van der Waals surface area contributed by atoms with E-state index in [1.807, 2.05) is 0 Å². The van der Waals surface area contributed by atoms with Crippen molar-refractivity contribution < 1.29 is 19.8 Å². The number of nitrogens with one attached hydrogen (secondary N) is 1. The third kappa shape index (κ3) is 7.32. The van der Waals surface area contributed by atoms with Crippen LogP contribution in [0.25, 0.3) is 0 Å². The third-order valence-corrected chi connectivity index (χ3v) is 1.48. The number of carboxylic acid groups (broad SMARTS) is 2. The normalized spacial score (nSPS) is 11.0. The van der Waals surface area contributed by atoms with Gasteiger partial charge in [0.15, 0.2) is 0 Å². The average molecular weight is 252 g/mol. The molecule has 0 aromatic heterocycles. The molecule has 0 fully saturated rings. The van der Waals surface area contributed by atoms with Gasteiger partial charge in [0.2, 0.25) is 0 Å². The Morgan fingerprint density at radius 1 is 1.38 bits per heavy atom. The second kappa shape index (κ2) is 6.47. The van der Waals surface area contributed by atoms with E-state index in [1.165, 1.54) is 0 Å². The van der Waals surface area contributed by atoms with Crippen LogP contribution >= 0.6 is 15.9 Å². The van der Waals surface area contributed by atoms with Crippen LogP contribution in [0, 0.1) is 0 Å². The standard InChI is InChI=1S/C7H10BrNO4/c8-1-2-9-5(3-6(10)11)4-7(12)13/h3,9H,1-2,4H2,(H,10,11)(H,12,13). The molecule has 13 heavy (non-hydrogen) atoms. The second-order valence-electron chi connectivity index (χ2n) is 2.19. The van der Waals surface area contributed by atoms with Crippen LogP contribution in [0.2, 0.25) is 0 Å². The molecule has 74 valence electrons. The van der Waals surface area contributed by atoms with E-state index in [2.05, 4.69) is 21.2 Å². The second-order valence-corrected chi connectivity index (χ2v) is 2.99. The fourth-order valence-corrected chi connectivity index (χ4v) is 0.883. The van der Waals surface area contributed by atoms with Crippen molar-refractivity contribution >= 4 is 27.9 Å². The predicted octanol–water partition coefficient (Wildman–Crippen LogP) is 0.414. The lowest BCUT2D eigenvalue weighted by Gasteiger charge is -2.05. The fraction of sp³-hybridized carbons (Fsp3) is 0.429. The van der Waals surface area contributed by atoms with Gasteiger partial charge in [-0.05, 0) is 0 Å². The van der Waals surface area contributed by atoms with Crippen molar-refractivity contribution in [3.8, 4) is 0 Å². The predicted molar refractivity (Wildman–Crippen MR) is 49.8 cm³/mol. The first-order valence-electron chi connectivity index (χ1n) is 3.51. The Balaban J connectivity index is 4.18. The molecule has 0 rings (SSSR count). The minimum atomic E-state index is -1.15. The van der Waals surface area contributed by atoms with Gasteiger partial charge in [-0.2, -0.15) is 0 Å². The highest BCUT2D eigenvalue weighted by Crippen LogP contribution is 1.96. The number of alkyl halides is 1. The maximum absolute atomic E-state index is 10.3. The molecule has 0 bridgehead atoms. The van der Waals surface area contributed by atoms with E-state index in [0.717, 1.165) is 6.08 Å². The molecule has 0 heterocycles. The molecule has 0 aliphatic rings. The SMILES string of the molecule is O=C(O)C=C(CC(=O)O)NCCBr. The lowest BCUT2D eigenvalue weighted by molar-refractivity contribution is -0.136. The Bertz CT molecular complexity index is 227. The van der Waals surface area contributed by atoms with Crippen molar-refractivity contribution in [1.82, 2.24) is 5.32 Å². The smallest absolute Gasteiger partial charge is 0.330 e. The largest absolute Gasteiger partial charge is 0.481 e. The molecular formula is C7H10BrNO4. The molecule has 0 saturated heterocycles. The van der Waals surface area contributed by atoms with Crippen molar-refractivity contribution in [3.05, 3.63) is 11.8 Å². The van der Waals surface area contributed by atoms with Crippen molar-refractivity contribution in [3.63, 3.8) is 0 Å². The Hall–Kier alpha value is -1.04. The van der Waals surface area contributed by atoms with Gasteiger partial charge in [-0.25, -0.2) is 4.79 Å². The van der Waals surface area contributed by atoms with Gasteiger partial charge in [-0.1, -0.05) is 15.9 Å². The Kier molecular flexibility index (Phi) is 5.96. The van der Waals surface area contributed by atoms with E-state index in [9.17, 15) is 9.59 Å². The summed E-state index contributed by atoms with van der Waals surface area (Å²) in [7, 11) is 0. The van der Waals surface area contributed by atoms with E-state index in [1.54, 1.807) is 0 Å². The summed E-state index contributed by atoms with van der Waals surface area (Å²) in [6.45, 7) is 0.492. The van der Waals surface area contributed by atoms with Gasteiger partial charge in [-0.15, -0.1) is 0 Å². The van der Waals surface area contributed by atoms with Gasteiger partial charge >= 0.3 is 11.9 Å². The molecule has 0 aliphatic carbocycles. The zero-order chi connectivity index (χ0) is 10.3. The van der Waals surface area contributed by atoms with Crippen LogP contribution in [0.5, 0.6) is 0 Å². The Morgan fingerprint density at radius 3 is 2.38 bits per heavy atom. The summed E-state index contributed by atoms with van der Waals surface area (Å²) in [6, 6.07) is 0. The minimum Gasteiger partial charge on any atom is -0.481 e. The number of halogens is 1. The Morgan fingerprint density at radius 2 is 2.00 bits per heavy atom. The molecule has 0 unspecified atom stereocenters. The minimum absolute atomic E-state index is 0.194. The van der Waals surface area contributed by atoms with Crippen LogP contribution in [0.1, 0.15) is 6.42 Å². The number of hydrogen-bond acceptors (Lipinski definition) is 3. The molecule has 0 aliphatic heterocycles. The highest BCUT2D eigenvalue weighted by molar-refractivity contribution is 9.09. The number of aliphatic carboxylic acids is 2. The maximum Gasteiger partial charge on any atom is 0.330 e. The number of hydrogen-bond donors (Lipinski definition) is 3. The van der Waals surface area contributed by atoms with E-state index in [0.29, 0.717) is 11.9 Å². The van der Waals surface area contributed by atoms with Gasteiger partial charge in [0.1, 0.15) is 0 Å². The van der Waals surface area contributed by atoms with Crippen LogP contribution in [0.3, 0.4) is 0 Å². The van der Waals surface area contributed by atoms with Gasteiger partial charge in [-0.3, -0.25) is 4.79 Å². The highest BCUT2D eigenvalue weighted by Gasteiger charge is 2.04. The first-order chi connectivity index (χ1) is 6.06. The van der Waals surface area contributed by atoms with Crippen molar-refractivity contribution in [2.45, 2.75) is 6.42 Å². The van der Waals surface area contributed by atoms with Gasteiger partial charge < -0.3 is 15.5 Å². The molecule has 3 N–H and O–H groups in total. The van der Waals surface area contributed by atoms with Crippen LogP contribution < -0.4 is 5.32 Å². The molecule has 6 heteroatoms. The average Bonchev–Trinajstić information content (AvgIpc) is 1.98. The number of carboxylic acids is 2. The maximum atomic E-state index is 10.3. The quantitative estimate of drug-likeness (QED) is 0.471. The van der Waals surface area contributed by atoms with E-state index < -0.39 is 11.9 Å². The summed E-state index contributed by atoms with van der Waals surface area (Å²) in [6.07, 6.45) is 0.552. The van der Waals surface area contributed by atoms with Crippen molar-refractivity contribution in [2.75, 3.05) is 11.9 Å². The summed E-state index contributed by atoms with van der Waals surface area (Å²) < 4.78 is 0. The summed E-state index contributed by atoms with van der Waals surface area (Å²) in [5.74, 6) is -2.21. The summed E-state index contributed by atoms with van der Waals surface area (Å²) in [5, 5.41) is 20.1. The van der Waals surface area contributed by atoms with E-state index in [4.69, 9.17) is 10.2 Å². The molecule has 5 nitrogen and oxygen atoms in total. The molecular weight excluding hydrogens is 242 g/mol. The molecule has 0 atom stereocenters. The lowest BCUT2D eigenvalue weighted by atomic mass is 10.3. The first-order valence-corrected chi connectivity index (χ1v) is 4.63. The molecule has 0 saturated carbocycles. The fourth-order valence-electron chi connectivity index (χ4n) is 0.684. The number of rotatable bonds is 6.